The molecular formula is C17H25F2NO. The maximum Gasteiger partial charge on any atom is 0.159 e. The Labute approximate surface area is 125 Å². The summed E-state index contributed by atoms with van der Waals surface area (Å²) < 4.78 is 32.7. The van der Waals surface area contributed by atoms with Crippen molar-refractivity contribution < 1.29 is 13.5 Å². The minimum absolute atomic E-state index is 0.0992. The summed E-state index contributed by atoms with van der Waals surface area (Å²) in [7, 11) is 1.73. The quantitative estimate of drug-likeness (QED) is 0.842. The van der Waals surface area contributed by atoms with E-state index < -0.39 is 11.6 Å². The Hall–Kier alpha value is -1.00. The molecule has 0 saturated heterocycles. The monoisotopic (exact) mass is 297 g/mol. The Balaban J connectivity index is 2.33. The zero-order valence-electron chi connectivity index (χ0n) is 12.9. The van der Waals surface area contributed by atoms with Crippen LogP contribution in [-0.2, 0) is 4.74 Å². The molecule has 118 valence electrons. The van der Waals surface area contributed by atoms with Gasteiger partial charge in [0.25, 0.3) is 0 Å². The molecule has 0 aromatic heterocycles. The van der Waals surface area contributed by atoms with Gasteiger partial charge in [-0.05, 0) is 43.5 Å². The zero-order chi connectivity index (χ0) is 15.3. The summed E-state index contributed by atoms with van der Waals surface area (Å²) in [5.74, 6) is -1.60. The summed E-state index contributed by atoms with van der Waals surface area (Å²) in [4.78, 5) is 0. The predicted octanol–water partition coefficient (Wildman–Crippen LogP) is 4.35. The molecule has 1 aliphatic carbocycles. The molecule has 0 heterocycles. The molecule has 0 aliphatic heterocycles. The van der Waals surface area contributed by atoms with Gasteiger partial charge in [-0.1, -0.05) is 32.3 Å². The average molecular weight is 297 g/mol. The maximum atomic E-state index is 13.6. The van der Waals surface area contributed by atoms with Crippen molar-refractivity contribution in [3.05, 3.63) is 35.4 Å². The van der Waals surface area contributed by atoms with Crippen LogP contribution in [-0.4, -0.2) is 19.3 Å². The van der Waals surface area contributed by atoms with Gasteiger partial charge >= 0.3 is 0 Å². The Morgan fingerprint density at radius 1 is 1.19 bits per heavy atom. The van der Waals surface area contributed by atoms with E-state index in [4.69, 9.17) is 4.74 Å². The number of methoxy groups -OCH3 is 1. The molecule has 0 spiro atoms. The highest BCUT2D eigenvalue weighted by molar-refractivity contribution is 5.25. The Morgan fingerprint density at radius 3 is 2.48 bits per heavy atom. The van der Waals surface area contributed by atoms with Gasteiger partial charge in [-0.3, -0.25) is 0 Å². The molecule has 1 fully saturated rings. The second-order valence-corrected chi connectivity index (χ2v) is 5.89. The van der Waals surface area contributed by atoms with Crippen LogP contribution in [0.3, 0.4) is 0 Å². The fourth-order valence-electron chi connectivity index (χ4n) is 3.35. The van der Waals surface area contributed by atoms with Crippen molar-refractivity contribution in [3.63, 3.8) is 0 Å². The molecule has 1 N–H and O–H groups in total. The van der Waals surface area contributed by atoms with E-state index in [0.717, 1.165) is 44.2 Å². The first kappa shape index (κ1) is 16.4. The molecule has 4 heteroatoms. The number of rotatable bonds is 6. The Morgan fingerprint density at radius 2 is 1.90 bits per heavy atom. The van der Waals surface area contributed by atoms with Crippen LogP contribution >= 0.6 is 0 Å². The summed E-state index contributed by atoms with van der Waals surface area (Å²) >= 11 is 0. The number of benzene rings is 1. The van der Waals surface area contributed by atoms with Crippen LogP contribution < -0.4 is 5.32 Å². The molecule has 1 unspecified atom stereocenters. The van der Waals surface area contributed by atoms with Crippen molar-refractivity contribution in [3.8, 4) is 0 Å². The highest BCUT2D eigenvalue weighted by Crippen LogP contribution is 2.41. The summed E-state index contributed by atoms with van der Waals surface area (Å²) in [5, 5.41) is 3.48. The number of nitrogens with one attached hydrogen (secondary N) is 1. The van der Waals surface area contributed by atoms with E-state index in [0.29, 0.717) is 0 Å². The molecule has 0 bridgehead atoms. The first-order chi connectivity index (χ1) is 10.1. The van der Waals surface area contributed by atoms with E-state index in [2.05, 4.69) is 12.2 Å². The van der Waals surface area contributed by atoms with E-state index in [1.807, 2.05) is 0 Å². The van der Waals surface area contributed by atoms with Crippen molar-refractivity contribution in [1.29, 1.82) is 0 Å². The lowest BCUT2D eigenvalue weighted by molar-refractivity contribution is -0.0688. The van der Waals surface area contributed by atoms with Crippen molar-refractivity contribution in [2.75, 3.05) is 13.7 Å². The third-order valence-electron chi connectivity index (χ3n) is 4.51. The SMILES string of the molecule is CCCNC(c1ccc(F)c(F)c1)C1(OC)CCCCC1. The van der Waals surface area contributed by atoms with E-state index in [9.17, 15) is 8.78 Å². The third kappa shape index (κ3) is 3.61. The molecule has 1 saturated carbocycles. The zero-order valence-corrected chi connectivity index (χ0v) is 12.9. The van der Waals surface area contributed by atoms with E-state index in [1.165, 1.54) is 18.6 Å². The van der Waals surface area contributed by atoms with Gasteiger partial charge in [0, 0.05) is 7.11 Å². The minimum atomic E-state index is -0.803. The lowest BCUT2D eigenvalue weighted by atomic mass is 9.76. The summed E-state index contributed by atoms with van der Waals surface area (Å²) in [6.07, 6.45) is 6.32. The molecule has 2 rings (SSSR count). The molecule has 1 aromatic carbocycles. The van der Waals surface area contributed by atoms with Crippen molar-refractivity contribution in [2.45, 2.75) is 57.1 Å². The van der Waals surface area contributed by atoms with Crippen LogP contribution in [0.5, 0.6) is 0 Å². The van der Waals surface area contributed by atoms with Gasteiger partial charge < -0.3 is 10.1 Å². The van der Waals surface area contributed by atoms with Gasteiger partial charge in [0.05, 0.1) is 11.6 Å². The number of hydrogen-bond acceptors (Lipinski definition) is 2. The smallest absolute Gasteiger partial charge is 0.159 e. The van der Waals surface area contributed by atoms with E-state index >= 15 is 0 Å². The summed E-state index contributed by atoms with van der Waals surface area (Å²) in [6.45, 7) is 2.92. The molecule has 2 nitrogen and oxygen atoms in total. The average Bonchev–Trinajstić information content (AvgIpc) is 2.52. The number of halogens is 2. The molecule has 1 aliphatic rings. The molecule has 1 aromatic rings. The molecular weight excluding hydrogens is 272 g/mol. The van der Waals surface area contributed by atoms with Gasteiger partial charge in [-0.25, -0.2) is 8.78 Å². The van der Waals surface area contributed by atoms with Crippen LogP contribution in [0.15, 0.2) is 18.2 Å². The predicted molar refractivity (Wildman–Crippen MR) is 80.2 cm³/mol. The third-order valence-corrected chi connectivity index (χ3v) is 4.51. The van der Waals surface area contributed by atoms with Gasteiger partial charge in [0.2, 0.25) is 0 Å². The summed E-state index contributed by atoms with van der Waals surface area (Å²) in [5.41, 5.74) is 0.448. The first-order valence-electron chi connectivity index (χ1n) is 7.86. The van der Waals surface area contributed by atoms with Crippen molar-refractivity contribution in [1.82, 2.24) is 5.32 Å². The largest absolute Gasteiger partial charge is 0.376 e. The normalized spacial score (nSPS) is 19.4. The van der Waals surface area contributed by atoms with Crippen LogP contribution in [0, 0.1) is 11.6 Å². The van der Waals surface area contributed by atoms with Gasteiger partial charge in [-0.15, -0.1) is 0 Å². The van der Waals surface area contributed by atoms with Gasteiger partial charge in [-0.2, -0.15) is 0 Å². The van der Waals surface area contributed by atoms with Gasteiger partial charge in [0.1, 0.15) is 0 Å². The highest BCUT2D eigenvalue weighted by atomic mass is 19.2. The second-order valence-electron chi connectivity index (χ2n) is 5.89. The van der Waals surface area contributed by atoms with Gasteiger partial charge in [0.15, 0.2) is 11.6 Å². The fraction of sp³-hybridized carbons (Fsp3) is 0.647. The number of hydrogen-bond donors (Lipinski definition) is 1. The molecule has 21 heavy (non-hydrogen) atoms. The van der Waals surface area contributed by atoms with Crippen molar-refractivity contribution >= 4 is 0 Å². The number of ether oxygens (including phenoxy) is 1. The Kier molecular flexibility index (Phi) is 5.71. The lowest BCUT2D eigenvalue weighted by Gasteiger charge is -2.43. The van der Waals surface area contributed by atoms with E-state index in [1.54, 1.807) is 13.2 Å². The Bertz CT molecular complexity index is 458. The van der Waals surface area contributed by atoms with E-state index in [-0.39, 0.29) is 11.6 Å². The molecule has 0 radical (unpaired) electrons. The molecule has 1 atom stereocenters. The summed E-state index contributed by atoms with van der Waals surface area (Å²) in [6, 6.07) is 4.08. The lowest BCUT2D eigenvalue weighted by Crippen LogP contribution is -2.47. The highest BCUT2D eigenvalue weighted by Gasteiger charge is 2.40. The molecule has 0 amide bonds. The second kappa shape index (κ2) is 7.32. The van der Waals surface area contributed by atoms with Crippen LogP contribution in [0.25, 0.3) is 0 Å². The standard InChI is InChI=1S/C17H25F2NO/c1-3-11-20-16(13-7-8-14(18)15(19)12-13)17(21-2)9-5-4-6-10-17/h7-8,12,16,20H,3-6,9-11H2,1-2H3. The first-order valence-corrected chi connectivity index (χ1v) is 7.86. The van der Waals surface area contributed by atoms with Crippen LogP contribution in [0.1, 0.15) is 57.1 Å². The fourth-order valence-corrected chi connectivity index (χ4v) is 3.35. The van der Waals surface area contributed by atoms with Crippen molar-refractivity contribution in [2.24, 2.45) is 0 Å². The maximum absolute atomic E-state index is 13.6. The topological polar surface area (TPSA) is 21.3 Å². The minimum Gasteiger partial charge on any atom is -0.376 e. The van der Waals surface area contributed by atoms with Crippen LogP contribution in [0.2, 0.25) is 0 Å². The van der Waals surface area contributed by atoms with Crippen LogP contribution in [0.4, 0.5) is 8.78 Å².